The van der Waals surface area contributed by atoms with Crippen molar-refractivity contribution >= 4 is 0 Å². The molecular weight excluding hydrogens is 110 g/mol. The van der Waals surface area contributed by atoms with Gasteiger partial charge < -0.3 is 5.73 Å². The van der Waals surface area contributed by atoms with Gasteiger partial charge in [0.1, 0.15) is 0 Å². The van der Waals surface area contributed by atoms with Crippen LogP contribution in [-0.4, -0.2) is 6.54 Å². The topological polar surface area (TPSA) is 26.0 Å². The van der Waals surface area contributed by atoms with Crippen LogP contribution in [0.15, 0.2) is 22.8 Å². The molecule has 0 saturated carbocycles. The fourth-order valence-corrected chi connectivity index (χ4v) is 1.09. The maximum absolute atomic E-state index is 5.46. The van der Waals surface area contributed by atoms with Gasteiger partial charge in [0, 0.05) is 6.54 Å². The fraction of sp³-hybridized carbons (Fsp3) is 0.500. The number of hydrogen-bond acceptors (Lipinski definition) is 1. The van der Waals surface area contributed by atoms with E-state index in [0.29, 0.717) is 6.54 Å². The minimum absolute atomic E-state index is 0.717. The molecule has 9 heavy (non-hydrogen) atoms. The van der Waals surface area contributed by atoms with Crippen LogP contribution in [-0.2, 0) is 0 Å². The molecule has 0 aliphatic heterocycles. The molecule has 0 amide bonds. The first kappa shape index (κ1) is 6.56. The summed E-state index contributed by atoms with van der Waals surface area (Å²) in [7, 11) is 0. The predicted octanol–water partition coefficient (Wildman–Crippen LogP) is 1.61. The summed E-state index contributed by atoms with van der Waals surface area (Å²) in [5.41, 5.74) is 9.70. The van der Waals surface area contributed by atoms with Crippen molar-refractivity contribution in [3.05, 3.63) is 22.8 Å². The summed E-state index contributed by atoms with van der Waals surface area (Å²) in [6, 6.07) is 0. The number of allylic oxidation sites excluding steroid dienone is 3. The molecule has 1 aliphatic rings. The molecule has 50 valence electrons. The maximum Gasteiger partial charge on any atom is 0.0143 e. The first-order valence-electron chi connectivity index (χ1n) is 3.30. The molecule has 0 radical (unpaired) electrons. The predicted molar refractivity (Wildman–Crippen MR) is 40.1 cm³/mol. The summed E-state index contributed by atoms with van der Waals surface area (Å²) in [4.78, 5) is 0. The maximum atomic E-state index is 5.46. The minimum atomic E-state index is 0.717. The van der Waals surface area contributed by atoms with Gasteiger partial charge in [-0.25, -0.2) is 0 Å². The molecular formula is C8H13N. The number of hydrogen-bond donors (Lipinski definition) is 1. The molecule has 0 heterocycles. The van der Waals surface area contributed by atoms with E-state index in [1.54, 1.807) is 0 Å². The van der Waals surface area contributed by atoms with Crippen LogP contribution in [0.3, 0.4) is 0 Å². The molecule has 0 aromatic heterocycles. The highest BCUT2D eigenvalue weighted by molar-refractivity contribution is 5.37. The Hall–Kier alpha value is -0.560. The van der Waals surface area contributed by atoms with Crippen LogP contribution < -0.4 is 5.73 Å². The van der Waals surface area contributed by atoms with E-state index >= 15 is 0 Å². The lowest BCUT2D eigenvalue weighted by molar-refractivity contribution is 1.05. The van der Waals surface area contributed by atoms with E-state index in [0.717, 1.165) is 6.42 Å². The van der Waals surface area contributed by atoms with E-state index in [2.05, 4.69) is 19.9 Å². The van der Waals surface area contributed by atoms with E-state index in [-0.39, 0.29) is 0 Å². The van der Waals surface area contributed by atoms with Crippen LogP contribution in [0.4, 0.5) is 0 Å². The zero-order valence-corrected chi connectivity index (χ0v) is 6.07. The number of rotatable bonds is 1. The molecule has 0 saturated heterocycles. The van der Waals surface area contributed by atoms with Gasteiger partial charge in [-0.05, 0) is 20.3 Å². The van der Waals surface area contributed by atoms with Gasteiger partial charge in [-0.1, -0.05) is 22.8 Å². The third-order valence-electron chi connectivity index (χ3n) is 1.85. The lowest BCUT2D eigenvalue weighted by Gasteiger charge is -1.94. The molecule has 1 heteroatoms. The summed E-state index contributed by atoms with van der Waals surface area (Å²) in [6.07, 6.45) is 3.29. The Labute approximate surface area is 56.2 Å². The third-order valence-corrected chi connectivity index (χ3v) is 1.85. The lowest BCUT2D eigenvalue weighted by atomic mass is 10.1. The van der Waals surface area contributed by atoms with Crippen LogP contribution in [0, 0.1) is 0 Å². The van der Waals surface area contributed by atoms with E-state index < -0.39 is 0 Å². The highest BCUT2D eigenvalue weighted by atomic mass is 14.5. The largest absolute Gasteiger partial charge is 0.327 e. The van der Waals surface area contributed by atoms with Gasteiger partial charge in [-0.15, -0.1) is 0 Å². The summed E-state index contributed by atoms with van der Waals surface area (Å²) in [5, 5.41) is 0. The van der Waals surface area contributed by atoms with Crippen LogP contribution >= 0.6 is 0 Å². The smallest absolute Gasteiger partial charge is 0.0143 e. The van der Waals surface area contributed by atoms with E-state index in [9.17, 15) is 0 Å². The second-order valence-corrected chi connectivity index (χ2v) is 2.65. The Bertz CT molecular complexity index is 175. The van der Waals surface area contributed by atoms with E-state index in [4.69, 9.17) is 5.73 Å². The summed E-state index contributed by atoms with van der Waals surface area (Å²) in [6.45, 7) is 5.02. The van der Waals surface area contributed by atoms with Gasteiger partial charge in [-0.3, -0.25) is 0 Å². The van der Waals surface area contributed by atoms with Crippen molar-refractivity contribution in [2.75, 3.05) is 6.54 Å². The lowest BCUT2D eigenvalue weighted by Crippen LogP contribution is -2.00. The standard InChI is InChI=1S/C8H13N/c1-6-3-8(5-9)4-7(6)2/h3H,4-5,9H2,1-2H3. The van der Waals surface area contributed by atoms with Crippen LogP contribution in [0.1, 0.15) is 20.3 Å². The van der Waals surface area contributed by atoms with Crippen molar-refractivity contribution in [2.45, 2.75) is 20.3 Å². The van der Waals surface area contributed by atoms with Gasteiger partial charge in [0.2, 0.25) is 0 Å². The van der Waals surface area contributed by atoms with E-state index in [1.807, 2.05) is 0 Å². The van der Waals surface area contributed by atoms with Crippen LogP contribution in [0.2, 0.25) is 0 Å². The van der Waals surface area contributed by atoms with Crippen molar-refractivity contribution < 1.29 is 0 Å². The summed E-state index contributed by atoms with van der Waals surface area (Å²) >= 11 is 0. The van der Waals surface area contributed by atoms with E-state index in [1.165, 1.54) is 16.7 Å². The average Bonchev–Trinajstić information content (AvgIpc) is 2.13. The van der Waals surface area contributed by atoms with Crippen molar-refractivity contribution in [2.24, 2.45) is 5.73 Å². The zero-order chi connectivity index (χ0) is 6.85. The quantitative estimate of drug-likeness (QED) is 0.563. The monoisotopic (exact) mass is 123 g/mol. The average molecular weight is 123 g/mol. The van der Waals surface area contributed by atoms with Crippen molar-refractivity contribution in [3.63, 3.8) is 0 Å². The SMILES string of the molecule is CC1=C(C)CC(CN)=C1. The fourth-order valence-electron chi connectivity index (χ4n) is 1.09. The van der Waals surface area contributed by atoms with Crippen molar-refractivity contribution in [3.8, 4) is 0 Å². The van der Waals surface area contributed by atoms with Crippen molar-refractivity contribution in [1.29, 1.82) is 0 Å². The zero-order valence-electron chi connectivity index (χ0n) is 6.07. The Morgan fingerprint density at radius 1 is 1.56 bits per heavy atom. The Balaban J connectivity index is 2.67. The molecule has 1 aliphatic carbocycles. The Kier molecular flexibility index (Phi) is 1.72. The Morgan fingerprint density at radius 2 is 2.22 bits per heavy atom. The first-order valence-corrected chi connectivity index (χ1v) is 3.30. The summed E-state index contributed by atoms with van der Waals surface area (Å²) < 4.78 is 0. The van der Waals surface area contributed by atoms with Gasteiger partial charge in [0.15, 0.2) is 0 Å². The molecule has 0 unspecified atom stereocenters. The number of nitrogens with two attached hydrogens (primary N) is 1. The minimum Gasteiger partial charge on any atom is -0.327 e. The molecule has 0 fully saturated rings. The molecule has 0 atom stereocenters. The third kappa shape index (κ3) is 1.22. The van der Waals surface area contributed by atoms with Gasteiger partial charge in [0.05, 0.1) is 0 Å². The molecule has 0 aromatic rings. The molecule has 0 spiro atoms. The highest BCUT2D eigenvalue weighted by Crippen LogP contribution is 2.22. The second kappa shape index (κ2) is 2.36. The molecule has 2 N–H and O–H groups in total. The van der Waals surface area contributed by atoms with Gasteiger partial charge >= 0.3 is 0 Å². The van der Waals surface area contributed by atoms with Crippen molar-refractivity contribution in [1.82, 2.24) is 0 Å². The molecule has 0 bridgehead atoms. The van der Waals surface area contributed by atoms with Gasteiger partial charge in [0.25, 0.3) is 0 Å². The molecule has 0 aromatic carbocycles. The second-order valence-electron chi connectivity index (χ2n) is 2.65. The van der Waals surface area contributed by atoms with Gasteiger partial charge in [-0.2, -0.15) is 0 Å². The summed E-state index contributed by atoms with van der Waals surface area (Å²) in [5.74, 6) is 0. The first-order chi connectivity index (χ1) is 4.24. The van der Waals surface area contributed by atoms with Crippen LogP contribution in [0.5, 0.6) is 0 Å². The normalized spacial score (nSPS) is 18.8. The molecule has 1 nitrogen and oxygen atoms in total. The highest BCUT2D eigenvalue weighted by Gasteiger charge is 2.06. The molecule has 1 rings (SSSR count). The van der Waals surface area contributed by atoms with Crippen LogP contribution in [0.25, 0.3) is 0 Å². The Morgan fingerprint density at radius 3 is 2.44 bits per heavy atom.